The van der Waals surface area contributed by atoms with Crippen LogP contribution in [0, 0.1) is 11.6 Å². The zero-order valence-corrected chi connectivity index (χ0v) is 17.9. The SMILES string of the molecule is O=C(c1ccc(F)cc1Cl)N1CC2CCC(C1)N2c1c(O)c(Cl)cc(SCl)c1F. The molecule has 2 unspecified atom stereocenters. The van der Waals surface area contributed by atoms with Crippen LogP contribution < -0.4 is 4.90 Å². The maximum atomic E-state index is 15.0. The molecule has 154 valence electrons. The highest BCUT2D eigenvalue weighted by Gasteiger charge is 2.44. The molecule has 0 aliphatic carbocycles. The van der Waals surface area contributed by atoms with E-state index in [0.717, 1.165) is 18.9 Å². The van der Waals surface area contributed by atoms with Gasteiger partial charge in [-0.05, 0) is 58.8 Å². The van der Waals surface area contributed by atoms with Gasteiger partial charge >= 0.3 is 0 Å². The number of phenolic OH excluding ortho intramolecular Hbond substituents is 1. The van der Waals surface area contributed by atoms with Crippen LogP contribution in [0.3, 0.4) is 0 Å². The Hall–Kier alpha value is -1.41. The van der Waals surface area contributed by atoms with Crippen LogP contribution >= 0.6 is 44.9 Å². The quantitative estimate of drug-likeness (QED) is 0.612. The van der Waals surface area contributed by atoms with Crippen molar-refractivity contribution in [3.05, 3.63) is 51.5 Å². The van der Waals surface area contributed by atoms with Crippen LogP contribution in [0.15, 0.2) is 29.2 Å². The van der Waals surface area contributed by atoms with Gasteiger partial charge in [-0.1, -0.05) is 23.2 Å². The number of fused-ring (bicyclic) bond motifs is 2. The fraction of sp³-hybridized carbons (Fsp3) is 0.316. The van der Waals surface area contributed by atoms with Crippen LogP contribution in [0.2, 0.25) is 10.0 Å². The predicted molar refractivity (Wildman–Crippen MR) is 111 cm³/mol. The molecule has 2 aromatic carbocycles. The number of hydrogen-bond acceptors (Lipinski definition) is 4. The van der Waals surface area contributed by atoms with Crippen LogP contribution in [-0.2, 0) is 0 Å². The monoisotopic (exact) mass is 478 g/mol. The number of piperazine rings is 1. The zero-order valence-electron chi connectivity index (χ0n) is 14.8. The number of phenols is 1. The minimum atomic E-state index is -0.634. The first-order valence-corrected chi connectivity index (χ1v) is 11.2. The summed E-state index contributed by atoms with van der Waals surface area (Å²) in [5.41, 5.74) is 0.235. The summed E-state index contributed by atoms with van der Waals surface area (Å²) >= 11 is 12.1. The van der Waals surface area contributed by atoms with Crippen molar-refractivity contribution in [3.63, 3.8) is 0 Å². The number of benzene rings is 2. The van der Waals surface area contributed by atoms with Gasteiger partial charge in [0.15, 0.2) is 11.6 Å². The van der Waals surface area contributed by atoms with Crippen molar-refractivity contribution in [3.8, 4) is 5.75 Å². The van der Waals surface area contributed by atoms with Gasteiger partial charge in [0.2, 0.25) is 0 Å². The Morgan fingerprint density at radius 1 is 1.10 bits per heavy atom. The lowest BCUT2D eigenvalue weighted by molar-refractivity contribution is 0.0717. The lowest BCUT2D eigenvalue weighted by Crippen LogP contribution is -2.55. The zero-order chi connectivity index (χ0) is 20.9. The van der Waals surface area contributed by atoms with Crippen LogP contribution in [-0.4, -0.2) is 41.1 Å². The van der Waals surface area contributed by atoms with E-state index in [2.05, 4.69) is 0 Å². The molecule has 2 saturated heterocycles. The summed E-state index contributed by atoms with van der Waals surface area (Å²) < 4.78 is 28.3. The van der Waals surface area contributed by atoms with Crippen molar-refractivity contribution in [1.29, 1.82) is 0 Å². The van der Waals surface area contributed by atoms with Crippen LogP contribution in [0.5, 0.6) is 5.75 Å². The third kappa shape index (κ3) is 3.63. The normalized spacial score (nSPS) is 21.0. The Morgan fingerprint density at radius 3 is 2.34 bits per heavy atom. The first-order chi connectivity index (χ1) is 13.8. The smallest absolute Gasteiger partial charge is 0.255 e. The van der Waals surface area contributed by atoms with E-state index in [-0.39, 0.29) is 49.9 Å². The summed E-state index contributed by atoms with van der Waals surface area (Å²) in [6, 6.07) is 4.53. The van der Waals surface area contributed by atoms with Gasteiger partial charge in [-0.25, -0.2) is 8.78 Å². The minimum Gasteiger partial charge on any atom is -0.504 e. The first kappa shape index (κ1) is 20.8. The molecule has 0 spiro atoms. The number of hydrogen-bond donors (Lipinski definition) is 1. The highest BCUT2D eigenvalue weighted by atomic mass is 35.7. The summed E-state index contributed by atoms with van der Waals surface area (Å²) in [6.07, 6.45) is 1.45. The van der Waals surface area contributed by atoms with E-state index in [4.69, 9.17) is 33.9 Å². The second-order valence-corrected chi connectivity index (χ2v) is 8.94. The molecule has 2 heterocycles. The lowest BCUT2D eigenvalue weighted by atomic mass is 10.1. The number of aromatic hydroxyl groups is 1. The average molecular weight is 480 g/mol. The minimum absolute atomic E-state index is 0.0139. The summed E-state index contributed by atoms with van der Waals surface area (Å²) in [6.45, 7) is 0.634. The molecular formula is C19H15Cl3F2N2O2S. The summed E-state index contributed by atoms with van der Waals surface area (Å²) in [4.78, 5) is 16.5. The van der Waals surface area contributed by atoms with E-state index in [1.165, 1.54) is 18.2 Å². The van der Waals surface area contributed by atoms with Crippen molar-refractivity contribution in [2.24, 2.45) is 0 Å². The average Bonchev–Trinajstić information content (AvgIpc) is 2.93. The van der Waals surface area contributed by atoms with E-state index in [1.807, 2.05) is 0 Å². The molecule has 4 rings (SSSR count). The van der Waals surface area contributed by atoms with Gasteiger partial charge in [-0.3, -0.25) is 4.79 Å². The number of anilines is 1. The molecule has 2 bridgehead atoms. The second kappa shape index (κ2) is 8.02. The number of likely N-dealkylation sites (tertiary alicyclic amines) is 1. The maximum Gasteiger partial charge on any atom is 0.255 e. The Bertz CT molecular complexity index is 980. The summed E-state index contributed by atoms with van der Waals surface area (Å²) in [5.74, 6) is -1.79. The topological polar surface area (TPSA) is 43.8 Å². The van der Waals surface area contributed by atoms with Gasteiger partial charge in [0.1, 0.15) is 11.5 Å². The van der Waals surface area contributed by atoms with E-state index in [9.17, 15) is 18.7 Å². The third-order valence-electron chi connectivity index (χ3n) is 5.40. The van der Waals surface area contributed by atoms with Gasteiger partial charge in [0.05, 0.1) is 20.5 Å². The number of rotatable bonds is 3. The fourth-order valence-corrected chi connectivity index (χ4v) is 5.31. The molecule has 29 heavy (non-hydrogen) atoms. The van der Waals surface area contributed by atoms with Gasteiger partial charge in [0, 0.05) is 25.2 Å². The fourth-order valence-electron chi connectivity index (χ4n) is 4.14. The van der Waals surface area contributed by atoms with E-state index in [0.29, 0.717) is 24.1 Å². The van der Waals surface area contributed by atoms with Crippen molar-refractivity contribution >= 4 is 56.5 Å². The Kier molecular flexibility index (Phi) is 5.77. The predicted octanol–water partition coefficient (Wildman–Crippen LogP) is 5.72. The Balaban J connectivity index is 1.64. The van der Waals surface area contributed by atoms with E-state index < -0.39 is 11.6 Å². The maximum absolute atomic E-state index is 15.0. The molecule has 0 radical (unpaired) electrons. The van der Waals surface area contributed by atoms with Crippen LogP contribution in [0.4, 0.5) is 14.5 Å². The molecule has 1 N–H and O–H groups in total. The highest BCUT2D eigenvalue weighted by Crippen LogP contribution is 2.47. The lowest BCUT2D eigenvalue weighted by Gasteiger charge is -2.43. The van der Waals surface area contributed by atoms with Crippen molar-refractivity contribution in [1.82, 2.24) is 4.90 Å². The largest absolute Gasteiger partial charge is 0.504 e. The molecule has 2 fully saturated rings. The van der Waals surface area contributed by atoms with E-state index in [1.54, 1.807) is 9.80 Å². The standard InChI is InChI=1S/C19H15Cl3F2N2O2S/c20-13-5-9(23)1-4-12(13)19(28)25-7-10-2-3-11(8-25)26(10)17-16(24)15(29-22)6-14(21)18(17)27/h1,4-6,10-11,27H,2-3,7-8H2. The van der Waals surface area contributed by atoms with E-state index >= 15 is 0 Å². The van der Waals surface area contributed by atoms with Gasteiger partial charge in [-0.2, -0.15) is 0 Å². The molecular weight excluding hydrogens is 465 g/mol. The molecule has 2 atom stereocenters. The highest BCUT2D eigenvalue weighted by molar-refractivity contribution is 8.21. The summed E-state index contributed by atoms with van der Waals surface area (Å²) in [5, 5.41) is 10.5. The number of carbonyl (C=O) groups excluding carboxylic acids is 1. The number of amides is 1. The number of halogens is 5. The molecule has 0 aromatic heterocycles. The molecule has 4 nitrogen and oxygen atoms in total. The Labute approximate surface area is 184 Å². The molecule has 0 saturated carbocycles. The number of carbonyl (C=O) groups is 1. The second-order valence-electron chi connectivity index (χ2n) is 7.07. The molecule has 2 aliphatic heterocycles. The third-order valence-corrected chi connectivity index (χ3v) is 6.97. The van der Waals surface area contributed by atoms with Gasteiger partial charge in [0.25, 0.3) is 5.91 Å². The molecule has 2 aliphatic rings. The molecule has 2 aromatic rings. The van der Waals surface area contributed by atoms with Crippen molar-refractivity contribution in [2.45, 2.75) is 29.8 Å². The van der Waals surface area contributed by atoms with Crippen LogP contribution in [0.1, 0.15) is 23.2 Å². The molecule has 1 amide bonds. The molecule has 10 heteroatoms. The first-order valence-electron chi connectivity index (χ1n) is 8.84. The van der Waals surface area contributed by atoms with Gasteiger partial charge in [-0.15, -0.1) is 0 Å². The van der Waals surface area contributed by atoms with Crippen molar-refractivity contribution in [2.75, 3.05) is 18.0 Å². The van der Waals surface area contributed by atoms with Crippen LogP contribution in [0.25, 0.3) is 0 Å². The summed E-state index contributed by atoms with van der Waals surface area (Å²) in [7, 11) is 6.43. The van der Waals surface area contributed by atoms with Crippen molar-refractivity contribution < 1.29 is 18.7 Å². The Morgan fingerprint density at radius 2 is 1.76 bits per heavy atom. The van der Waals surface area contributed by atoms with Gasteiger partial charge < -0.3 is 14.9 Å². The number of nitrogens with zero attached hydrogens (tertiary/aromatic N) is 2.